The van der Waals surface area contributed by atoms with Crippen molar-refractivity contribution >= 4 is 11.9 Å². The third-order valence-corrected chi connectivity index (χ3v) is 2.44. The van der Waals surface area contributed by atoms with Crippen LogP contribution in [0.5, 0.6) is 0 Å². The van der Waals surface area contributed by atoms with Crippen LogP contribution in [0, 0.1) is 0 Å². The van der Waals surface area contributed by atoms with E-state index in [2.05, 4.69) is 0 Å². The first-order chi connectivity index (χ1) is 6.41. The first-order valence-corrected chi connectivity index (χ1v) is 4.67. The molecule has 1 atom stereocenters. The normalized spacial score (nSPS) is 25.4. The number of likely N-dealkylation sites (N-methyl/N-ethyl adjacent to an activating group) is 1. The van der Waals surface area contributed by atoms with Crippen molar-refractivity contribution in [1.82, 2.24) is 0 Å². The van der Waals surface area contributed by atoms with Crippen molar-refractivity contribution < 1.29 is 23.9 Å². The highest BCUT2D eigenvalue weighted by Crippen LogP contribution is 2.16. The van der Waals surface area contributed by atoms with Crippen molar-refractivity contribution in [3.63, 3.8) is 0 Å². The molecule has 1 rings (SSSR count). The van der Waals surface area contributed by atoms with Crippen LogP contribution < -0.4 is 0 Å². The molecule has 1 saturated heterocycles. The van der Waals surface area contributed by atoms with Crippen molar-refractivity contribution in [2.45, 2.75) is 18.9 Å². The van der Waals surface area contributed by atoms with Gasteiger partial charge in [-0.25, -0.2) is 9.59 Å². The van der Waals surface area contributed by atoms with Crippen molar-refractivity contribution in [2.75, 3.05) is 27.2 Å². The van der Waals surface area contributed by atoms with Gasteiger partial charge in [-0.15, -0.1) is 0 Å². The van der Waals surface area contributed by atoms with Gasteiger partial charge in [0.15, 0.2) is 6.10 Å². The van der Waals surface area contributed by atoms with Gasteiger partial charge in [0.2, 0.25) is 0 Å². The number of quaternary nitrogens is 1. The highest BCUT2D eigenvalue weighted by atomic mass is 16.6. The summed E-state index contributed by atoms with van der Waals surface area (Å²) < 4.78 is 5.61. The molecule has 0 aromatic heterocycles. The van der Waals surface area contributed by atoms with Gasteiger partial charge in [0.1, 0.15) is 6.54 Å². The lowest BCUT2D eigenvalue weighted by Crippen LogP contribution is -2.51. The van der Waals surface area contributed by atoms with E-state index in [1.165, 1.54) is 0 Å². The molecule has 5 nitrogen and oxygen atoms in total. The minimum Gasteiger partial charge on any atom is -0.473 e. The molecule has 1 fully saturated rings. The van der Waals surface area contributed by atoms with Crippen molar-refractivity contribution in [2.24, 2.45) is 0 Å². The fourth-order valence-corrected chi connectivity index (χ4v) is 1.78. The summed E-state index contributed by atoms with van der Waals surface area (Å²) in [5, 5.41) is 8.36. The van der Waals surface area contributed by atoms with Gasteiger partial charge in [0.05, 0.1) is 20.6 Å². The molecular formula is C9H16NO4+. The van der Waals surface area contributed by atoms with Crippen LogP contribution in [-0.2, 0) is 14.3 Å². The minimum absolute atomic E-state index is 0.248. The van der Waals surface area contributed by atoms with Gasteiger partial charge in [0.25, 0.3) is 0 Å². The van der Waals surface area contributed by atoms with E-state index in [0.717, 1.165) is 23.9 Å². The zero-order valence-electron chi connectivity index (χ0n) is 8.52. The molecule has 14 heavy (non-hydrogen) atoms. The van der Waals surface area contributed by atoms with Crippen molar-refractivity contribution in [1.29, 1.82) is 0 Å². The standard InChI is InChI=1S/C9H15NO4/c1-10(2)5-3-4-7(6-10)14-9(13)8(11)12/h7H,3-6H2,1-2H3/p+1. The Morgan fingerprint density at radius 2 is 2.07 bits per heavy atom. The van der Waals surface area contributed by atoms with E-state index in [-0.39, 0.29) is 6.10 Å². The molecule has 5 heteroatoms. The maximum Gasteiger partial charge on any atom is 0.417 e. The number of carbonyl (C=O) groups is 2. The summed E-state index contributed by atoms with van der Waals surface area (Å²) in [5.74, 6) is -2.65. The quantitative estimate of drug-likeness (QED) is 0.365. The van der Waals surface area contributed by atoms with E-state index in [9.17, 15) is 9.59 Å². The molecule has 1 aliphatic heterocycles. The van der Waals surface area contributed by atoms with E-state index in [1.807, 2.05) is 14.1 Å². The Hall–Kier alpha value is -1.10. The molecule has 80 valence electrons. The number of hydrogen-bond acceptors (Lipinski definition) is 3. The van der Waals surface area contributed by atoms with Crippen LogP contribution in [0.2, 0.25) is 0 Å². The first-order valence-electron chi connectivity index (χ1n) is 4.67. The number of carboxylic acids is 1. The molecule has 0 aromatic carbocycles. The average Bonchev–Trinajstić information content (AvgIpc) is 2.01. The summed E-state index contributed by atoms with van der Waals surface area (Å²) in [7, 11) is 4.08. The fourth-order valence-electron chi connectivity index (χ4n) is 1.78. The van der Waals surface area contributed by atoms with Gasteiger partial charge < -0.3 is 14.3 Å². The van der Waals surface area contributed by atoms with Gasteiger partial charge in [-0.2, -0.15) is 0 Å². The molecule has 0 saturated carbocycles. The second kappa shape index (κ2) is 3.96. The number of hydrogen-bond donors (Lipinski definition) is 1. The molecule has 0 radical (unpaired) electrons. The van der Waals surface area contributed by atoms with Crippen LogP contribution in [-0.4, -0.2) is 54.8 Å². The van der Waals surface area contributed by atoms with Crippen LogP contribution in [0.25, 0.3) is 0 Å². The van der Waals surface area contributed by atoms with Crippen LogP contribution >= 0.6 is 0 Å². The molecule has 0 bridgehead atoms. The number of nitrogens with zero attached hydrogens (tertiary/aromatic N) is 1. The Labute approximate surface area is 82.9 Å². The summed E-state index contributed by atoms with van der Waals surface area (Å²) in [5.41, 5.74) is 0. The number of piperidine rings is 1. The van der Waals surface area contributed by atoms with E-state index in [1.54, 1.807) is 0 Å². The van der Waals surface area contributed by atoms with Crippen LogP contribution in [0.1, 0.15) is 12.8 Å². The van der Waals surface area contributed by atoms with Crippen molar-refractivity contribution in [3.8, 4) is 0 Å². The topological polar surface area (TPSA) is 63.6 Å². The number of carboxylic acid groups (broad SMARTS) is 1. The predicted octanol–water partition coefficient (Wildman–Crippen LogP) is -0.147. The number of carbonyl (C=O) groups excluding carboxylic acids is 1. The first kappa shape index (κ1) is 11.0. The number of aliphatic carboxylic acids is 1. The van der Waals surface area contributed by atoms with E-state index >= 15 is 0 Å². The van der Waals surface area contributed by atoms with Gasteiger partial charge in [-0.1, -0.05) is 0 Å². The van der Waals surface area contributed by atoms with Crippen LogP contribution in [0.15, 0.2) is 0 Å². The van der Waals surface area contributed by atoms with Crippen LogP contribution in [0.3, 0.4) is 0 Å². The van der Waals surface area contributed by atoms with Gasteiger partial charge >= 0.3 is 11.9 Å². The Balaban J connectivity index is 2.46. The molecule has 1 N–H and O–H groups in total. The predicted molar refractivity (Wildman–Crippen MR) is 48.6 cm³/mol. The smallest absolute Gasteiger partial charge is 0.417 e. The monoisotopic (exact) mass is 202 g/mol. The highest BCUT2D eigenvalue weighted by molar-refractivity contribution is 6.28. The van der Waals surface area contributed by atoms with Crippen molar-refractivity contribution in [3.05, 3.63) is 0 Å². The SMILES string of the molecule is C[N+]1(C)CCCC(OC(=O)C(=O)O)C1. The summed E-state index contributed by atoms with van der Waals surface area (Å²) in [4.78, 5) is 21.0. The number of esters is 1. The summed E-state index contributed by atoms with van der Waals surface area (Å²) >= 11 is 0. The lowest BCUT2D eigenvalue weighted by atomic mass is 10.1. The molecular weight excluding hydrogens is 186 g/mol. The lowest BCUT2D eigenvalue weighted by Gasteiger charge is -2.37. The zero-order valence-corrected chi connectivity index (χ0v) is 8.52. The largest absolute Gasteiger partial charge is 0.473 e. The number of rotatable bonds is 1. The Morgan fingerprint density at radius 3 is 2.57 bits per heavy atom. The molecule has 0 aliphatic carbocycles. The molecule has 1 aliphatic rings. The van der Waals surface area contributed by atoms with Crippen LogP contribution in [0.4, 0.5) is 0 Å². The average molecular weight is 202 g/mol. The van der Waals surface area contributed by atoms with Gasteiger partial charge in [0, 0.05) is 6.42 Å². The third-order valence-electron chi connectivity index (χ3n) is 2.44. The maximum absolute atomic E-state index is 10.8. The van der Waals surface area contributed by atoms with Gasteiger partial charge in [-0.3, -0.25) is 0 Å². The molecule has 0 amide bonds. The van der Waals surface area contributed by atoms with Gasteiger partial charge in [-0.05, 0) is 6.42 Å². The summed E-state index contributed by atoms with van der Waals surface area (Å²) in [6.45, 7) is 1.74. The maximum atomic E-state index is 10.8. The summed E-state index contributed by atoms with van der Waals surface area (Å²) in [6.07, 6.45) is 1.48. The van der Waals surface area contributed by atoms with E-state index in [4.69, 9.17) is 9.84 Å². The van der Waals surface area contributed by atoms with E-state index in [0.29, 0.717) is 6.54 Å². The Bertz CT molecular complexity index is 249. The minimum atomic E-state index is -1.51. The fraction of sp³-hybridized carbons (Fsp3) is 0.778. The molecule has 1 unspecified atom stereocenters. The number of ether oxygens (including phenoxy) is 1. The zero-order chi connectivity index (χ0) is 10.8. The third kappa shape index (κ3) is 2.99. The second-order valence-corrected chi connectivity index (χ2v) is 4.32. The molecule has 0 aromatic rings. The number of likely N-dealkylation sites (tertiary alicyclic amines) is 1. The Morgan fingerprint density at radius 1 is 1.43 bits per heavy atom. The highest BCUT2D eigenvalue weighted by Gasteiger charge is 2.31. The second-order valence-electron chi connectivity index (χ2n) is 4.32. The summed E-state index contributed by atoms with van der Waals surface area (Å²) in [6, 6.07) is 0. The molecule has 0 spiro atoms. The molecule has 1 heterocycles. The Kier molecular flexibility index (Phi) is 3.10. The van der Waals surface area contributed by atoms with E-state index < -0.39 is 11.9 Å². The lowest BCUT2D eigenvalue weighted by molar-refractivity contribution is -0.898.